The average molecular weight is 398 g/mol. The number of urea groups is 1. The lowest BCUT2D eigenvalue weighted by Gasteiger charge is -2.31. The van der Waals surface area contributed by atoms with Gasteiger partial charge >= 0.3 is 6.03 Å². The predicted octanol–water partition coefficient (Wildman–Crippen LogP) is 4.02. The lowest BCUT2D eigenvalue weighted by molar-refractivity contribution is 0.167. The van der Waals surface area contributed by atoms with E-state index in [-0.39, 0.29) is 11.8 Å². The Balaban J connectivity index is 1.20. The topological polar surface area (TPSA) is 84.4 Å². The third kappa shape index (κ3) is 5.01. The molecule has 1 saturated heterocycles. The van der Waals surface area contributed by atoms with Crippen LogP contribution in [-0.4, -0.2) is 34.2 Å². The maximum absolute atomic E-state index is 13.0. The molecule has 0 atom stereocenters. The molecule has 0 radical (unpaired) electrons. The normalized spacial score (nSPS) is 14.9. The van der Waals surface area contributed by atoms with Crippen LogP contribution in [0.3, 0.4) is 0 Å². The van der Waals surface area contributed by atoms with Gasteiger partial charge in [0.2, 0.25) is 0 Å². The number of hydrogen-bond acceptors (Lipinski definition) is 5. The highest BCUT2D eigenvalue weighted by atomic mass is 19.1. The minimum Gasteiger partial charge on any atom is -0.467 e. The van der Waals surface area contributed by atoms with Crippen molar-refractivity contribution >= 4 is 6.03 Å². The van der Waals surface area contributed by atoms with Gasteiger partial charge in [-0.05, 0) is 61.6 Å². The van der Waals surface area contributed by atoms with Crippen LogP contribution >= 0.6 is 0 Å². The van der Waals surface area contributed by atoms with Crippen LogP contribution in [0.15, 0.2) is 51.6 Å². The molecule has 0 unspecified atom stereocenters. The molecule has 1 aromatic carbocycles. The van der Waals surface area contributed by atoms with Crippen molar-refractivity contribution < 1.29 is 18.1 Å². The van der Waals surface area contributed by atoms with Crippen molar-refractivity contribution in [2.24, 2.45) is 5.92 Å². The lowest BCUT2D eigenvalue weighted by atomic mass is 9.92. The predicted molar refractivity (Wildman–Crippen MR) is 103 cm³/mol. The first-order chi connectivity index (χ1) is 14.2. The molecule has 1 aliphatic heterocycles. The molecular formula is C21H23FN4O3. The molecule has 1 aliphatic rings. The van der Waals surface area contributed by atoms with Gasteiger partial charge in [0.15, 0.2) is 5.82 Å². The number of piperidine rings is 1. The average Bonchev–Trinajstić information content (AvgIpc) is 3.44. The van der Waals surface area contributed by atoms with E-state index in [9.17, 15) is 9.18 Å². The molecule has 0 saturated carbocycles. The summed E-state index contributed by atoms with van der Waals surface area (Å²) < 4.78 is 23.5. The number of hydrogen-bond donors (Lipinski definition) is 1. The number of likely N-dealkylation sites (tertiary alicyclic amines) is 1. The molecule has 8 heteroatoms. The Hall–Kier alpha value is -3.16. The molecular weight excluding hydrogens is 375 g/mol. The minimum absolute atomic E-state index is 0.0537. The molecule has 0 spiro atoms. The van der Waals surface area contributed by atoms with Crippen molar-refractivity contribution in [2.75, 3.05) is 13.1 Å². The molecule has 29 heavy (non-hydrogen) atoms. The van der Waals surface area contributed by atoms with Gasteiger partial charge in [0.1, 0.15) is 11.6 Å². The highest BCUT2D eigenvalue weighted by Gasteiger charge is 2.23. The van der Waals surface area contributed by atoms with Gasteiger partial charge < -0.3 is 19.2 Å². The van der Waals surface area contributed by atoms with Crippen molar-refractivity contribution in [3.05, 3.63) is 60.1 Å². The van der Waals surface area contributed by atoms with Gasteiger partial charge in [-0.25, -0.2) is 9.18 Å². The summed E-state index contributed by atoms with van der Waals surface area (Å²) in [5, 5.41) is 6.91. The Kier molecular flexibility index (Phi) is 5.88. The van der Waals surface area contributed by atoms with Crippen LogP contribution in [-0.2, 0) is 13.0 Å². The molecule has 3 heterocycles. The van der Waals surface area contributed by atoms with E-state index in [1.807, 2.05) is 11.0 Å². The van der Waals surface area contributed by atoms with Crippen LogP contribution in [0.5, 0.6) is 0 Å². The number of rotatable bonds is 6. The van der Waals surface area contributed by atoms with E-state index in [1.54, 1.807) is 24.5 Å². The lowest BCUT2D eigenvalue weighted by Crippen LogP contribution is -2.44. The first-order valence-corrected chi connectivity index (χ1v) is 9.81. The van der Waals surface area contributed by atoms with Crippen LogP contribution in [0, 0.1) is 11.7 Å². The number of halogens is 1. The van der Waals surface area contributed by atoms with Gasteiger partial charge in [0.25, 0.3) is 5.89 Å². The maximum atomic E-state index is 13.0. The Morgan fingerprint density at radius 1 is 1.21 bits per heavy atom. The fourth-order valence-electron chi connectivity index (χ4n) is 3.51. The molecule has 2 amide bonds. The van der Waals surface area contributed by atoms with Gasteiger partial charge in [-0.15, -0.1) is 0 Å². The number of furan rings is 1. The Labute approximate surface area is 167 Å². The molecule has 1 fully saturated rings. The van der Waals surface area contributed by atoms with Gasteiger partial charge in [-0.1, -0.05) is 5.16 Å². The SMILES string of the molecule is O=C(NCc1ccco1)N1CCC(CCc2noc(-c3ccc(F)cc3)n2)CC1. The van der Waals surface area contributed by atoms with Gasteiger partial charge in [-0.2, -0.15) is 4.98 Å². The smallest absolute Gasteiger partial charge is 0.317 e. The highest BCUT2D eigenvalue weighted by Crippen LogP contribution is 2.23. The maximum Gasteiger partial charge on any atom is 0.317 e. The summed E-state index contributed by atoms with van der Waals surface area (Å²) in [6.45, 7) is 1.88. The van der Waals surface area contributed by atoms with Gasteiger partial charge in [0, 0.05) is 25.1 Å². The number of carbonyl (C=O) groups excluding carboxylic acids is 1. The van der Waals surface area contributed by atoms with Crippen LogP contribution < -0.4 is 5.32 Å². The number of carbonyl (C=O) groups is 1. The van der Waals surface area contributed by atoms with Crippen LogP contribution in [0.1, 0.15) is 30.8 Å². The molecule has 4 rings (SSSR count). The molecule has 3 aromatic rings. The summed E-state index contributed by atoms with van der Waals surface area (Å²) in [5.41, 5.74) is 0.707. The van der Waals surface area contributed by atoms with E-state index < -0.39 is 0 Å². The third-order valence-corrected chi connectivity index (χ3v) is 5.23. The van der Waals surface area contributed by atoms with E-state index in [0.717, 1.165) is 44.5 Å². The van der Waals surface area contributed by atoms with Crippen LogP contribution in [0.25, 0.3) is 11.5 Å². The molecule has 7 nitrogen and oxygen atoms in total. The van der Waals surface area contributed by atoms with Crippen LogP contribution in [0.4, 0.5) is 9.18 Å². The second-order valence-corrected chi connectivity index (χ2v) is 7.23. The summed E-state index contributed by atoms with van der Waals surface area (Å²) in [7, 11) is 0. The summed E-state index contributed by atoms with van der Waals surface area (Å²) in [6.07, 6.45) is 5.18. The fraction of sp³-hybridized carbons (Fsp3) is 0.381. The summed E-state index contributed by atoms with van der Waals surface area (Å²) in [4.78, 5) is 18.5. The van der Waals surface area contributed by atoms with E-state index in [4.69, 9.17) is 8.94 Å². The van der Waals surface area contributed by atoms with Crippen molar-refractivity contribution in [2.45, 2.75) is 32.2 Å². The number of nitrogens with one attached hydrogen (secondary N) is 1. The number of nitrogens with zero attached hydrogens (tertiary/aromatic N) is 3. The van der Waals surface area contributed by atoms with Gasteiger partial charge in [-0.3, -0.25) is 0 Å². The Morgan fingerprint density at radius 2 is 2.00 bits per heavy atom. The van der Waals surface area contributed by atoms with Crippen LogP contribution in [0.2, 0.25) is 0 Å². The number of amides is 2. The van der Waals surface area contributed by atoms with E-state index in [1.165, 1.54) is 12.1 Å². The standard InChI is InChI=1S/C21H23FN4O3/c22-17-6-4-16(5-7-17)20-24-19(25-29-20)8-3-15-9-11-26(12-10-15)21(27)23-14-18-2-1-13-28-18/h1-2,4-7,13,15H,3,8-12,14H2,(H,23,27). The number of aryl methyl sites for hydroxylation is 1. The summed E-state index contributed by atoms with van der Waals surface area (Å²) in [5.74, 6) is 2.03. The second kappa shape index (κ2) is 8.89. The zero-order valence-corrected chi connectivity index (χ0v) is 16.0. The molecule has 2 aromatic heterocycles. The first-order valence-electron chi connectivity index (χ1n) is 9.81. The molecule has 1 N–H and O–H groups in total. The number of benzene rings is 1. The Bertz CT molecular complexity index is 916. The second-order valence-electron chi connectivity index (χ2n) is 7.23. The quantitative estimate of drug-likeness (QED) is 0.678. The zero-order chi connectivity index (χ0) is 20.1. The molecule has 0 bridgehead atoms. The molecule has 152 valence electrons. The first kappa shape index (κ1) is 19.2. The Morgan fingerprint density at radius 3 is 2.72 bits per heavy atom. The van der Waals surface area contributed by atoms with Crippen molar-refractivity contribution in [1.29, 1.82) is 0 Å². The largest absolute Gasteiger partial charge is 0.467 e. The third-order valence-electron chi connectivity index (χ3n) is 5.23. The number of aromatic nitrogens is 2. The molecule has 0 aliphatic carbocycles. The van der Waals surface area contributed by atoms with Crippen molar-refractivity contribution in [1.82, 2.24) is 20.4 Å². The van der Waals surface area contributed by atoms with Gasteiger partial charge in [0.05, 0.1) is 12.8 Å². The highest BCUT2D eigenvalue weighted by molar-refractivity contribution is 5.74. The zero-order valence-electron chi connectivity index (χ0n) is 16.0. The summed E-state index contributed by atoms with van der Waals surface area (Å²) >= 11 is 0. The fourth-order valence-corrected chi connectivity index (χ4v) is 3.51. The summed E-state index contributed by atoms with van der Waals surface area (Å²) in [6, 6.07) is 9.58. The minimum atomic E-state index is -0.297. The van der Waals surface area contributed by atoms with E-state index in [2.05, 4.69) is 15.5 Å². The monoisotopic (exact) mass is 398 g/mol. The van der Waals surface area contributed by atoms with Crippen molar-refractivity contribution in [3.63, 3.8) is 0 Å². The van der Waals surface area contributed by atoms with E-state index >= 15 is 0 Å². The van der Waals surface area contributed by atoms with E-state index in [0.29, 0.717) is 29.7 Å². The van der Waals surface area contributed by atoms with Crippen molar-refractivity contribution in [3.8, 4) is 11.5 Å².